The molecule has 1 N–H and O–H groups in total. The Labute approximate surface area is 142 Å². The van der Waals surface area contributed by atoms with Crippen molar-refractivity contribution in [2.45, 2.75) is 33.7 Å². The van der Waals surface area contributed by atoms with E-state index in [-0.39, 0.29) is 11.2 Å². The molecule has 1 unspecified atom stereocenters. The van der Waals surface area contributed by atoms with Crippen LogP contribution < -0.4 is 31.3 Å². The number of ether oxygens (including phenoxy) is 2. The Kier molecular flexibility index (Phi) is 7.12. The second-order valence-electron chi connectivity index (χ2n) is 5.89. The van der Waals surface area contributed by atoms with Crippen molar-refractivity contribution >= 4 is 11.9 Å². The van der Waals surface area contributed by atoms with Gasteiger partial charge in [-0.2, -0.15) is 0 Å². The summed E-state index contributed by atoms with van der Waals surface area (Å²) in [5.41, 5.74) is -0.341. The van der Waals surface area contributed by atoms with Gasteiger partial charge in [-0.15, -0.1) is 0 Å². The summed E-state index contributed by atoms with van der Waals surface area (Å²) in [6.45, 7) is 7.19. The molecule has 1 aromatic carbocycles. The van der Waals surface area contributed by atoms with E-state index in [4.69, 9.17) is 9.47 Å². The number of carbonyl (C=O) groups is 2. The van der Waals surface area contributed by atoms with Gasteiger partial charge in [-0.3, -0.25) is 0 Å². The minimum atomic E-state index is -0.546. The number of benzene rings is 1. The molecule has 0 aromatic heterocycles. The van der Waals surface area contributed by atoms with Gasteiger partial charge < -0.3 is 0 Å². The van der Waals surface area contributed by atoms with Crippen molar-refractivity contribution in [3.63, 3.8) is 0 Å². The van der Waals surface area contributed by atoms with Gasteiger partial charge >= 0.3 is 142 Å². The maximum atomic E-state index is 11.8. The average molecular weight is 420 g/mol. The molecule has 0 saturated carbocycles. The first kappa shape index (κ1) is 18.7. The van der Waals surface area contributed by atoms with Gasteiger partial charge in [0.1, 0.15) is 0 Å². The molecule has 0 radical (unpaired) electrons. The molecule has 0 heterocycles. The number of nitrogens with one attached hydrogen (secondary N) is 1. The number of amides is 1. The molecule has 1 rings (SSSR count). The van der Waals surface area contributed by atoms with Crippen molar-refractivity contribution in [3.05, 3.63) is 27.8 Å². The van der Waals surface area contributed by atoms with Crippen molar-refractivity contribution < 1.29 is 40.3 Å². The molecule has 1 amide bonds. The zero-order valence-electron chi connectivity index (χ0n) is 13.6. The van der Waals surface area contributed by atoms with E-state index in [2.05, 4.69) is 5.32 Å². The molecule has 124 valence electrons. The summed E-state index contributed by atoms with van der Waals surface area (Å²) in [6, 6.07) is 7.18. The summed E-state index contributed by atoms with van der Waals surface area (Å²) < 4.78 is 11.8. The van der Waals surface area contributed by atoms with Crippen LogP contribution in [0.3, 0.4) is 0 Å². The van der Waals surface area contributed by atoms with Crippen LogP contribution in [0.15, 0.2) is 24.3 Å². The molecule has 0 aliphatic carbocycles. The van der Waals surface area contributed by atoms with Crippen molar-refractivity contribution in [1.82, 2.24) is 5.32 Å². The van der Waals surface area contributed by atoms with Crippen LogP contribution in [0.4, 0.5) is 4.79 Å². The predicted molar refractivity (Wildman–Crippen MR) is 80.1 cm³/mol. The van der Waals surface area contributed by atoms with Gasteiger partial charge in [-0.1, -0.05) is 0 Å². The van der Waals surface area contributed by atoms with Crippen molar-refractivity contribution in [1.29, 1.82) is 0 Å². The van der Waals surface area contributed by atoms with Gasteiger partial charge in [0.05, 0.1) is 0 Å². The number of rotatable bonds is 6. The van der Waals surface area contributed by atoms with E-state index >= 15 is 0 Å². The van der Waals surface area contributed by atoms with E-state index in [1.165, 1.54) is 6.92 Å². The van der Waals surface area contributed by atoms with Gasteiger partial charge in [0.15, 0.2) is 0 Å². The van der Waals surface area contributed by atoms with Crippen LogP contribution >= 0.6 is 0 Å². The van der Waals surface area contributed by atoms with E-state index in [9.17, 15) is 9.59 Å². The zero-order chi connectivity index (χ0) is 16.8. The molecule has 0 bridgehead atoms. The van der Waals surface area contributed by atoms with E-state index in [1.807, 2.05) is 45.0 Å². The zero-order valence-corrected chi connectivity index (χ0v) is 15.8. The molecule has 0 aliphatic rings. The Morgan fingerprint density at radius 1 is 1.32 bits per heavy atom. The fourth-order valence-corrected chi connectivity index (χ4v) is 3.69. The third-order valence-electron chi connectivity index (χ3n) is 2.96. The summed E-state index contributed by atoms with van der Waals surface area (Å²) in [4.78, 5) is 23.4. The molecule has 1 aromatic rings. The molecule has 5 nitrogen and oxygen atoms in total. The van der Waals surface area contributed by atoms with Crippen molar-refractivity contribution in [2.24, 2.45) is 5.41 Å². The summed E-state index contributed by atoms with van der Waals surface area (Å²) >= 11 is -0.448. The molecule has 0 spiro atoms. The molecule has 0 fully saturated rings. The molecule has 1 atom stereocenters. The van der Waals surface area contributed by atoms with Gasteiger partial charge in [0.2, 0.25) is 0 Å². The number of alkyl carbamates (subject to hydrolysis) is 1. The Morgan fingerprint density at radius 3 is 2.55 bits per heavy atom. The molecule has 0 aliphatic heterocycles. The Balaban J connectivity index is 2.47. The number of Topliss-reactive ketones (excluding diaryl/α,β-unsaturated/α-hetero) is 1. The van der Waals surface area contributed by atoms with Crippen LogP contribution in [0.1, 0.15) is 27.7 Å². The van der Waals surface area contributed by atoms with Gasteiger partial charge in [-0.05, 0) is 0 Å². The summed E-state index contributed by atoms with van der Waals surface area (Å²) in [5.74, 6) is 0.720. The molecule has 0 saturated heterocycles. The number of alkyl halides is 1. The average Bonchev–Trinajstić information content (AvgIpc) is 2.43. The SMILES string of the molecule is COc1cccc([I-]COC(=O)NC(C(C)=O)C(C)(C)C)c1. The number of hydrogen-bond acceptors (Lipinski definition) is 4. The van der Waals surface area contributed by atoms with E-state index in [1.54, 1.807) is 7.11 Å². The molecule has 6 heteroatoms. The quantitative estimate of drug-likeness (QED) is 0.505. The first-order chi connectivity index (χ1) is 10.2. The number of methoxy groups -OCH3 is 1. The van der Waals surface area contributed by atoms with Crippen molar-refractivity contribution in [3.8, 4) is 5.75 Å². The van der Waals surface area contributed by atoms with Crippen LogP contribution in [0, 0.1) is 8.99 Å². The summed E-state index contributed by atoms with van der Waals surface area (Å²) in [7, 11) is 1.62. The number of halogens is 1. The molecule has 22 heavy (non-hydrogen) atoms. The number of ketones is 1. The Bertz CT molecular complexity index is 525. The van der Waals surface area contributed by atoms with Crippen molar-refractivity contribution in [2.75, 3.05) is 11.7 Å². The second-order valence-corrected chi connectivity index (χ2v) is 8.52. The standard InChI is InChI=1S/C16H23INO4/c1-11(19)14(16(2,3)4)18-15(20)22-10-17-12-7-6-8-13(9-12)21-5/h6-9,14H,10H2,1-5H3,(H,18,20)/q-1. The normalized spacial score (nSPS) is 12.6. The predicted octanol–water partition coefficient (Wildman–Crippen LogP) is -0.359. The number of hydrogen-bond donors (Lipinski definition) is 1. The van der Waals surface area contributed by atoms with Crippen LogP contribution in [0.2, 0.25) is 0 Å². The number of carbonyl (C=O) groups excluding carboxylic acids is 2. The maximum absolute atomic E-state index is 11.8. The van der Waals surface area contributed by atoms with E-state index in [0.29, 0.717) is 4.61 Å². The topological polar surface area (TPSA) is 64.6 Å². The Morgan fingerprint density at radius 2 is 2.00 bits per heavy atom. The fourth-order valence-electron chi connectivity index (χ4n) is 1.90. The van der Waals surface area contributed by atoms with Crippen LogP contribution in [0.5, 0.6) is 5.75 Å². The van der Waals surface area contributed by atoms with Gasteiger partial charge in [0.25, 0.3) is 0 Å². The third kappa shape index (κ3) is 6.21. The Hall–Kier alpha value is -1.31. The second kappa shape index (κ2) is 8.36. The summed E-state index contributed by atoms with van der Waals surface area (Å²) in [5, 5.41) is 2.65. The minimum absolute atomic E-state index is 0.0769. The van der Waals surface area contributed by atoms with E-state index < -0.39 is 33.3 Å². The van der Waals surface area contributed by atoms with E-state index in [0.717, 1.165) is 9.32 Å². The molecular weight excluding hydrogens is 397 g/mol. The van der Waals surface area contributed by atoms with Gasteiger partial charge in [-0.25, -0.2) is 0 Å². The first-order valence-corrected chi connectivity index (χ1v) is 9.51. The molecular formula is C16H23INO4-. The summed E-state index contributed by atoms with van der Waals surface area (Å²) in [6.07, 6.45) is -0.544. The third-order valence-corrected chi connectivity index (χ3v) is 5.14. The fraction of sp³-hybridized carbons (Fsp3) is 0.500. The first-order valence-electron chi connectivity index (χ1n) is 6.91. The van der Waals surface area contributed by atoms with Crippen LogP contribution in [-0.2, 0) is 9.53 Å². The van der Waals surface area contributed by atoms with Crippen LogP contribution in [0.25, 0.3) is 0 Å². The van der Waals surface area contributed by atoms with Gasteiger partial charge in [0, 0.05) is 0 Å². The van der Waals surface area contributed by atoms with Crippen LogP contribution in [-0.4, -0.2) is 29.6 Å². The monoisotopic (exact) mass is 420 g/mol.